The van der Waals surface area contributed by atoms with Gasteiger partial charge in [-0.25, -0.2) is 0 Å². The third-order valence-electron chi connectivity index (χ3n) is 2.40. The molecule has 0 unspecified atom stereocenters. The molecule has 2 N–H and O–H groups in total. The maximum absolute atomic E-state index is 5.27. The molecule has 0 saturated heterocycles. The second-order valence-corrected chi connectivity index (χ2v) is 4.68. The number of thiocarbonyl (C=S) groups is 1. The highest BCUT2D eigenvalue weighted by molar-refractivity contribution is 7.80. The van der Waals surface area contributed by atoms with Crippen LogP contribution in [0.15, 0.2) is 12.1 Å². The molecule has 4 nitrogen and oxygen atoms in total. The SMILES string of the molecule is COc1cc(C)c(NC(=S)NC(C)C)cc1OC. The van der Waals surface area contributed by atoms with Gasteiger partial charge in [-0.2, -0.15) is 0 Å². The van der Waals surface area contributed by atoms with Crippen molar-refractivity contribution >= 4 is 23.0 Å². The smallest absolute Gasteiger partial charge is 0.170 e. The summed E-state index contributed by atoms with van der Waals surface area (Å²) in [6.07, 6.45) is 0. The molecule has 18 heavy (non-hydrogen) atoms. The lowest BCUT2D eigenvalue weighted by Gasteiger charge is -2.17. The van der Waals surface area contributed by atoms with Crippen molar-refractivity contribution in [3.05, 3.63) is 17.7 Å². The van der Waals surface area contributed by atoms with Crippen LogP contribution in [0.3, 0.4) is 0 Å². The summed E-state index contributed by atoms with van der Waals surface area (Å²) < 4.78 is 10.5. The predicted molar refractivity (Wildman–Crippen MR) is 78.8 cm³/mol. The zero-order valence-electron chi connectivity index (χ0n) is 11.5. The topological polar surface area (TPSA) is 42.5 Å². The molecule has 1 aromatic rings. The van der Waals surface area contributed by atoms with Crippen molar-refractivity contribution in [2.24, 2.45) is 0 Å². The molecule has 0 aliphatic heterocycles. The first kappa shape index (κ1) is 14.6. The zero-order valence-corrected chi connectivity index (χ0v) is 12.3. The first-order valence-corrected chi connectivity index (χ1v) is 6.19. The van der Waals surface area contributed by atoms with Gasteiger partial charge >= 0.3 is 0 Å². The number of rotatable bonds is 4. The summed E-state index contributed by atoms with van der Waals surface area (Å²) in [4.78, 5) is 0. The average Bonchev–Trinajstić information content (AvgIpc) is 2.30. The van der Waals surface area contributed by atoms with Gasteiger partial charge in [0, 0.05) is 17.8 Å². The van der Waals surface area contributed by atoms with E-state index < -0.39 is 0 Å². The van der Waals surface area contributed by atoms with E-state index in [9.17, 15) is 0 Å². The van der Waals surface area contributed by atoms with Gasteiger partial charge in [-0.3, -0.25) is 0 Å². The summed E-state index contributed by atoms with van der Waals surface area (Å²) >= 11 is 5.22. The van der Waals surface area contributed by atoms with Crippen molar-refractivity contribution < 1.29 is 9.47 Å². The van der Waals surface area contributed by atoms with Crippen molar-refractivity contribution in [3.8, 4) is 11.5 Å². The Kier molecular flexibility index (Phi) is 5.22. The minimum Gasteiger partial charge on any atom is -0.493 e. The Hall–Kier alpha value is -1.49. The van der Waals surface area contributed by atoms with Crippen molar-refractivity contribution in [3.63, 3.8) is 0 Å². The Balaban J connectivity index is 2.92. The summed E-state index contributed by atoms with van der Waals surface area (Å²) in [6, 6.07) is 4.09. The second-order valence-electron chi connectivity index (χ2n) is 4.28. The molecular weight excluding hydrogens is 248 g/mol. The van der Waals surface area contributed by atoms with Gasteiger partial charge in [0.25, 0.3) is 0 Å². The van der Waals surface area contributed by atoms with Gasteiger partial charge in [-0.15, -0.1) is 0 Å². The van der Waals surface area contributed by atoms with Crippen LogP contribution in [-0.4, -0.2) is 25.4 Å². The summed E-state index contributed by atoms with van der Waals surface area (Å²) in [5.41, 5.74) is 1.95. The summed E-state index contributed by atoms with van der Waals surface area (Å²) in [5, 5.41) is 6.88. The van der Waals surface area contributed by atoms with Crippen LogP contribution in [0.4, 0.5) is 5.69 Å². The van der Waals surface area contributed by atoms with E-state index >= 15 is 0 Å². The molecule has 100 valence electrons. The Morgan fingerprint density at radius 3 is 2.22 bits per heavy atom. The number of hydrogen-bond acceptors (Lipinski definition) is 3. The fraction of sp³-hybridized carbons (Fsp3) is 0.462. The van der Waals surface area contributed by atoms with Crippen LogP contribution in [0.2, 0.25) is 0 Å². The van der Waals surface area contributed by atoms with E-state index in [1.54, 1.807) is 14.2 Å². The van der Waals surface area contributed by atoms with Crippen molar-refractivity contribution in [1.29, 1.82) is 0 Å². The van der Waals surface area contributed by atoms with Crippen LogP contribution < -0.4 is 20.1 Å². The Labute approximate surface area is 114 Å². The van der Waals surface area contributed by atoms with Crippen molar-refractivity contribution in [2.45, 2.75) is 26.8 Å². The molecular formula is C13H20N2O2S. The molecule has 5 heteroatoms. The van der Waals surface area contributed by atoms with Gasteiger partial charge in [0.2, 0.25) is 0 Å². The molecule has 0 radical (unpaired) electrons. The lowest BCUT2D eigenvalue weighted by Crippen LogP contribution is -2.34. The number of nitrogens with one attached hydrogen (secondary N) is 2. The normalized spacial score (nSPS) is 10.1. The summed E-state index contributed by atoms with van der Waals surface area (Å²) in [7, 11) is 3.23. The van der Waals surface area contributed by atoms with Crippen LogP contribution in [0, 0.1) is 6.92 Å². The molecule has 0 fully saturated rings. The lowest BCUT2D eigenvalue weighted by atomic mass is 10.1. The molecule has 0 amide bonds. The monoisotopic (exact) mass is 268 g/mol. The van der Waals surface area contributed by atoms with Gasteiger partial charge < -0.3 is 20.1 Å². The van der Waals surface area contributed by atoms with E-state index in [2.05, 4.69) is 10.6 Å². The van der Waals surface area contributed by atoms with E-state index in [1.807, 2.05) is 32.9 Å². The molecule has 0 bridgehead atoms. The Morgan fingerprint density at radius 2 is 1.72 bits per heavy atom. The Bertz CT molecular complexity index is 433. The third kappa shape index (κ3) is 3.77. The molecule has 0 aliphatic rings. The molecule has 0 heterocycles. The van der Waals surface area contributed by atoms with Gasteiger partial charge in [0.15, 0.2) is 16.6 Å². The highest BCUT2D eigenvalue weighted by Gasteiger charge is 2.09. The van der Waals surface area contributed by atoms with Crippen molar-refractivity contribution in [2.75, 3.05) is 19.5 Å². The lowest BCUT2D eigenvalue weighted by molar-refractivity contribution is 0.355. The summed E-state index contributed by atoms with van der Waals surface area (Å²) in [6.45, 7) is 6.06. The van der Waals surface area contributed by atoms with E-state index in [4.69, 9.17) is 21.7 Å². The maximum Gasteiger partial charge on any atom is 0.170 e. The Morgan fingerprint density at radius 1 is 1.17 bits per heavy atom. The van der Waals surface area contributed by atoms with Gasteiger partial charge in [0.1, 0.15) is 0 Å². The second kappa shape index (κ2) is 6.44. The molecule has 1 aromatic carbocycles. The maximum atomic E-state index is 5.27. The quantitative estimate of drug-likeness (QED) is 0.822. The van der Waals surface area contributed by atoms with Crippen LogP contribution in [0.5, 0.6) is 11.5 Å². The number of methoxy groups -OCH3 is 2. The van der Waals surface area contributed by atoms with Crippen molar-refractivity contribution in [1.82, 2.24) is 5.32 Å². The molecule has 0 aromatic heterocycles. The van der Waals surface area contributed by atoms with Crippen LogP contribution in [0.25, 0.3) is 0 Å². The van der Waals surface area contributed by atoms with E-state index in [0.717, 1.165) is 11.3 Å². The molecule has 0 spiro atoms. The van der Waals surface area contributed by atoms with E-state index in [-0.39, 0.29) is 0 Å². The van der Waals surface area contributed by atoms with Gasteiger partial charge in [-0.05, 0) is 44.6 Å². The highest BCUT2D eigenvalue weighted by atomic mass is 32.1. The minimum atomic E-state index is 0.297. The van der Waals surface area contributed by atoms with E-state index in [0.29, 0.717) is 22.7 Å². The summed E-state index contributed by atoms with van der Waals surface area (Å²) in [5.74, 6) is 1.39. The van der Waals surface area contributed by atoms with Crippen LogP contribution in [0.1, 0.15) is 19.4 Å². The first-order chi connectivity index (χ1) is 8.47. The minimum absolute atomic E-state index is 0.297. The molecule has 0 aliphatic carbocycles. The van der Waals surface area contributed by atoms with Crippen LogP contribution in [-0.2, 0) is 0 Å². The number of ether oxygens (including phenoxy) is 2. The standard InChI is InChI=1S/C13H20N2O2S/c1-8(2)14-13(18)15-10-7-12(17-5)11(16-4)6-9(10)3/h6-8H,1-5H3,(H2,14,15,18). The number of hydrogen-bond donors (Lipinski definition) is 2. The van der Waals surface area contributed by atoms with Gasteiger partial charge in [0.05, 0.1) is 14.2 Å². The largest absolute Gasteiger partial charge is 0.493 e. The fourth-order valence-corrected chi connectivity index (χ4v) is 1.88. The molecule has 1 rings (SSSR count). The molecule has 0 saturated carbocycles. The number of anilines is 1. The molecule has 0 atom stereocenters. The van der Waals surface area contributed by atoms with Crippen LogP contribution >= 0.6 is 12.2 Å². The highest BCUT2D eigenvalue weighted by Crippen LogP contribution is 2.32. The first-order valence-electron chi connectivity index (χ1n) is 5.78. The predicted octanol–water partition coefficient (Wildman–Crippen LogP) is 2.71. The fourth-order valence-electron chi connectivity index (χ4n) is 1.54. The number of aryl methyl sites for hydroxylation is 1. The van der Waals surface area contributed by atoms with E-state index in [1.165, 1.54) is 0 Å². The third-order valence-corrected chi connectivity index (χ3v) is 2.62. The van der Waals surface area contributed by atoms with Gasteiger partial charge in [-0.1, -0.05) is 0 Å². The zero-order chi connectivity index (χ0) is 13.7. The average molecular weight is 268 g/mol. The number of benzene rings is 1.